The Morgan fingerprint density at radius 1 is 1.35 bits per heavy atom. The summed E-state index contributed by atoms with van der Waals surface area (Å²) in [5.74, 6) is 0.715. The van der Waals surface area contributed by atoms with Crippen LogP contribution in [0.1, 0.15) is 30.7 Å². The van der Waals surface area contributed by atoms with Crippen LogP contribution in [0.5, 0.6) is 5.75 Å². The lowest BCUT2D eigenvalue weighted by molar-refractivity contribution is -0.118. The van der Waals surface area contributed by atoms with Crippen LogP contribution in [0.25, 0.3) is 0 Å². The third kappa shape index (κ3) is 2.33. The van der Waals surface area contributed by atoms with Gasteiger partial charge in [0.05, 0.1) is 13.4 Å². The molecule has 1 aliphatic carbocycles. The summed E-state index contributed by atoms with van der Waals surface area (Å²) in [5, 5.41) is 9.01. The number of aliphatic hydroxyl groups is 1. The topological polar surface area (TPSA) is 46.5 Å². The fraction of sp³-hybridized carbons (Fsp3) is 0.357. The summed E-state index contributed by atoms with van der Waals surface area (Å²) in [4.78, 5) is 12.1. The summed E-state index contributed by atoms with van der Waals surface area (Å²) < 4.78 is 5.09. The van der Waals surface area contributed by atoms with E-state index in [1.165, 1.54) is 0 Å². The molecule has 0 heterocycles. The lowest BCUT2D eigenvalue weighted by atomic mass is 9.80. The van der Waals surface area contributed by atoms with Crippen molar-refractivity contribution in [1.29, 1.82) is 0 Å². The van der Waals surface area contributed by atoms with Crippen LogP contribution in [0.15, 0.2) is 36.1 Å². The van der Waals surface area contributed by atoms with Crippen LogP contribution in [0, 0.1) is 0 Å². The number of carbonyl (C=O) groups is 1. The van der Waals surface area contributed by atoms with Crippen molar-refractivity contribution in [1.82, 2.24) is 0 Å². The monoisotopic (exact) mass is 232 g/mol. The number of hydrogen-bond donors (Lipinski definition) is 1. The molecular formula is C14H16O3. The molecule has 1 N–H and O–H groups in total. The first-order valence-corrected chi connectivity index (χ1v) is 5.77. The molecule has 0 amide bonds. The molecule has 1 atom stereocenters. The number of ketones is 1. The van der Waals surface area contributed by atoms with Gasteiger partial charge in [-0.2, -0.15) is 0 Å². The Balaban J connectivity index is 2.23. The van der Waals surface area contributed by atoms with Crippen molar-refractivity contribution < 1.29 is 14.6 Å². The quantitative estimate of drug-likeness (QED) is 0.630. The molecule has 0 aliphatic heterocycles. The molecule has 90 valence electrons. The van der Waals surface area contributed by atoms with E-state index < -0.39 is 0 Å². The van der Waals surface area contributed by atoms with Crippen LogP contribution in [0.3, 0.4) is 0 Å². The van der Waals surface area contributed by atoms with E-state index in [0.717, 1.165) is 30.4 Å². The van der Waals surface area contributed by atoms with Crippen LogP contribution in [-0.2, 0) is 4.79 Å². The van der Waals surface area contributed by atoms with Gasteiger partial charge < -0.3 is 9.84 Å². The molecular weight excluding hydrogens is 216 g/mol. The molecule has 3 nitrogen and oxygen atoms in total. The fourth-order valence-electron chi connectivity index (χ4n) is 2.26. The van der Waals surface area contributed by atoms with E-state index in [9.17, 15) is 4.79 Å². The number of ether oxygens (including phenoxy) is 1. The molecule has 1 fully saturated rings. The average molecular weight is 232 g/mol. The second-order valence-corrected chi connectivity index (χ2v) is 4.24. The number of rotatable bonds is 2. The zero-order chi connectivity index (χ0) is 12.3. The highest BCUT2D eigenvalue weighted by molar-refractivity contribution is 6.00. The standard InChI is InChI=1S/C14H16O3/c1-17-12-7-5-10(6-8-12)13-4-2-3-11(9-15)14(13)16/h5-9,13,15H,2-4H2,1H3. The number of allylic oxidation sites excluding steroid dienone is 1. The van der Waals surface area contributed by atoms with Gasteiger partial charge in [-0.25, -0.2) is 0 Å². The maximum absolute atomic E-state index is 12.1. The Bertz CT molecular complexity index is 431. The summed E-state index contributed by atoms with van der Waals surface area (Å²) in [5.41, 5.74) is 1.53. The largest absolute Gasteiger partial charge is 0.515 e. The van der Waals surface area contributed by atoms with Crippen LogP contribution < -0.4 is 4.74 Å². The zero-order valence-electron chi connectivity index (χ0n) is 9.85. The molecule has 0 aromatic heterocycles. The molecule has 1 unspecified atom stereocenters. The summed E-state index contributed by atoms with van der Waals surface area (Å²) in [6, 6.07) is 7.56. The van der Waals surface area contributed by atoms with Gasteiger partial charge in [0.1, 0.15) is 5.75 Å². The van der Waals surface area contributed by atoms with E-state index in [2.05, 4.69) is 0 Å². The Morgan fingerprint density at radius 2 is 2.06 bits per heavy atom. The normalized spacial score (nSPS) is 22.8. The smallest absolute Gasteiger partial charge is 0.169 e. The maximum atomic E-state index is 12.1. The molecule has 0 saturated heterocycles. The van der Waals surface area contributed by atoms with Gasteiger partial charge in [-0.05, 0) is 37.0 Å². The predicted molar refractivity (Wildman–Crippen MR) is 65.3 cm³/mol. The first-order valence-electron chi connectivity index (χ1n) is 5.77. The van der Waals surface area contributed by atoms with Gasteiger partial charge >= 0.3 is 0 Å². The molecule has 3 heteroatoms. The second-order valence-electron chi connectivity index (χ2n) is 4.24. The third-order valence-electron chi connectivity index (χ3n) is 3.25. The zero-order valence-corrected chi connectivity index (χ0v) is 9.85. The van der Waals surface area contributed by atoms with Crippen molar-refractivity contribution in [3.8, 4) is 5.75 Å². The van der Waals surface area contributed by atoms with Gasteiger partial charge in [-0.3, -0.25) is 4.79 Å². The number of aliphatic hydroxyl groups excluding tert-OH is 1. The van der Waals surface area contributed by atoms with Crippen LogP contribution >= 0.6 is 0 Å². The molecule has 1 saturated carbocycles. The van der Waals surface area contributed by atoms with Crippen molar-refractivity contribution in [2.24, 2.45) is 0 Å². The number of carbonyl (C=O) groups excluding carboxylic acids is 1. The van der Waals surface area contributed by atoms with E-state index in [4.69, 9.17) is 9.84 Å². The van der Waals surface area contributed by atoms with Gasteiger partial charge in [0.25, 0.3) is 0 Å². The van der Waals surface area contributed by atoms with Gasteiger partial charge in [-0.15, -0.1) is 0 Å². The minimum Gasteiger partial charge on any atom is -0.515 e. The molecule has 0 radical (unpaired) electrons. The van der Waals surface area contributed by atoms with E-state index in [-0.39, 0.29) is 11.7 Å². The molecule has 0 bridgehead atoms. The molecule has 1 aliphatic rings. The fourth-order valence-corrected chi connectivity index (χ4v) is 2.26. The minimum absolute atomic E-state index is 0.0453. The van der Waals surface area contributed by atoms with Crippen molar-refractivity contribution in [3.05, 3.63) is 41.7 Å². The second kappa shape index (κ2) is 5.04. The number of Topliss-reactive ketones (excluding diaryl/α,β-unsaturated/α-hetero) is 1. The summed E-state index contributed by atoms with van der Waals surface area (Å²) >= 11 is 0. The van der Waals surface area contributed by atoms with Crippen LogP contribution in [-0.4, -0.2) is 18.0 Å². The number of benzene rings is 1. The number of methoxy groups -OCH3 is 1. The summed E-state index contributed by atoms with van der Waals surface area (Å²) in [6.45, 7) is 0. The highest BCUT2D eigenvalue weighted by Crippen LogP contribution is 2.33. The van der Waals surface area contributed by atoms with E-state index >= 15 is 0 Å². The lowest BCUT2D eigenvalue weighted by Crippen LogP contribution is -2.19. The maximum Gasteiger partial charge on any atom is 0.169 e. The van der Waals surface area contributed by atoms with Crippen molar-refractivity contribution in [2.45, 2.75) is 25.2 Å². The first-order chi connectivity index (χ1) is 8.26. The highest BCUT2D eigenvalue weighted by Gasteiger charge is 2.27. The lowest BCUT2D eigenvalue weighted by Gasteiger charge is -2.22. The molecule has 1 aromatic carbocycles. The van der Waals surface area contributed by atoms with Crippen LogP contribution in [0.2, 0.25) is 0 Å². The van der Waals surface area contributed by atoms with Gasteiger partial charge in [0.15, 0.2) is 5.78 Å². The van der Waals surface area contributed by atoms with Crippen molar-refractivity contribution in [3.63, 3.8) is 0 Å². The minimum atomic E-state index is -0.118. The Labute approximate surface area is 101 Å². The highest BCUT2D eigenvalue weighted by atomic mass is 16.5. The van der Waals surface area contributed by atoms with E-state index in [1.54, 1.807) is 7.11 Å². The number of hydrogen-bond acceptors (Lipinski definition) is 3. The Hall–Kier alpha value is -1.77. The van der Waals surface area contributed by atoms with Crippen molar-refractivity contribution in [2.75, 3.05) is 7.11 Å². The first kappa shape index (κ1) is 11.7. The van der Waals surface area contributed by atoms with Gasteiger partial charge in [-0.1, -0.05) is 12.1 Å². The van der Waals surface area contributed by atoms with Gasteiger partial charge in [0.2, 0.25) is 0 Å². The van der Waals surface area contributed by atoms with Crippen LogP contribution in [0.4, 0.5) is 0 Å². The average Bonchev–Trinajstić information content (AvgIpc) is 2.39. The van der Waals surface area contributed by atoms with E-state index in [0.29, 0.717) is 12.0 Å². The molecule has 2 rings (SSSR count). The summed E-state index contributed by atoms with van der Waals surface area (Å²) in [7, 11) is 1.62. The predicted octanol–water partition coefficient (Wildman–Crippen LogP) is 2.97. The van der Waals surface area contributed by atoms with Gasteiger partial charge in [0, 0.05) is 11.5 Å². The SMILES string of the molecule is COc1ccc(C2CCCC(=CO)C2=O)cc1. The summed E-state index contributed by atoms with van der Waals surface area (Å²) in [6.07, 6.45) is 3.43. The molecule has 17 heavy (non-hydrogen) atoms. The van der Waals surface area contributed by atoms with E-state index in [1.807, 2.05) is 24.3 Å². The Kier molecular flexibility index (Phi) is 3.47. The van der Waals surface area contributed by atoms with Crippen molar-refractivity contribution >= 4 is 5.78 Å². The third-order valence-corrected chi connectivity index (χ3v) is 3.25. The molecule has 0 spiro atoms. The molecule has 1 aromatic rings. The Morgan fingerprint density at radius 3 is 2.65 bits per heavy atom.